The van der Waals surface area contributed by atoms with Crippen molar-refractivity contribution in [3.05, 3.63) is 0 Å². The molecule has 2 fully saturated rings. The molecule has 5 heteroatoms. The van der Waals surface area contributed by atoms with Crippen molar-refractivity contribution in [2.75, 3.05) is 19.7 Å². The Kier molecular flexibility index (Phi) is 6.76. The Morgan fingerprint density at radius 2 is 2.05 bits per heavy atom. The zero-order chi connectivity index (χ0) is 13.9. The van der Waals surface area contributed by atoms with Crippen LogP contribution in [0.15, 0.2) is 0 Å². The molecule has 2 aliphatic rings. The van der Waals surface area contributed by atoms with Crippen molar-refractivity contribution in [3.63, 3.8) is 0 Å². The normalized spacial score (nSPS) is 31.2. The van der Waals surface area contributed by atoms with Crippen LogP contribution < -0.4 is 10.6 Å². The van der Waals surface area contributed by atoms with Gasteiger partial charge in [-0.3, -0.25) is 4.79 Å². The Hall–Kier alpha value is -0.320. The summed E-state index contributed by atoms with van der Waals surface area (Å²) in [6.07, 6.45) is 4.41. The molecule has 2 N–H and O–H groups in total. The van der Waals surface area contributed by atoms with Crippen molar-refractivity contribution in [1.82, 2.24) is 10.6 Å². The minimum absolute atomic E-state index is 0. The second kappa shape index (κ2) is 7.62. The van der Waals surface area contributed by atoms with Gasteiger partial charge in [0.1, 0.15) is 0 Å². The highest BCUT2D eigenvalue weighted by atomic mass is 35.5. The summed E-state index contributed by atoms with van der Waals surface area (Å²) in [5.41, 5.74) is 0.150. The van der Waals surface area contributed by atoms with Gasteiger partial charge in [-0.25, -0.2) is 0 Å². The first-order chi connectivity index (χ1) is 9.17. The maximum atomic E-state index is 12.2. The maximum Gasteiger partial charge on any atom is 0.224 e. The first-order valence-corrected chi connectivity index (χ1v) is 7.80. The molecule has 20 heavy (non-hydrogen) atoms. The molecule has 1 saturated heterocycles. The fourth-order valence-corrected chi connectivity index (χ4v) is 3.75. The fourth-order valence-electron chi connectivity index (χ4n) is 3.75. The number of rotatable bonds is 6. The number of halogens is 1. The van der Waals surface area contributed by atoms with Gasteiger partial charge in [-0.1, -0.05) is 13.8 Å². The highest BCUT2D eigenvalue weighted by Gasteiger charge is 2.54. The summed E-state index contributed by atoms with van der Waals surface area (Å²) in [7, 11) is 0. The molecule has 1 saturated carbocycles. The van der Waals surface area contributed by atoms with Crippen molar-refractivity contribution < 1.29 is 9.53 Å². The van der Waals surface area contributed by atoms with Crippen LogP contribution in [0, 0.1) is 11.3 Å². The second-order valence-electron chi connectivity index (χ2n) is 5.87. The number of nitrogens with one attached hydrogen (secondary N) is 2. The summed E-state index contributed by atoms with van der Waals surface area (Å²) in [4.78, 5) is 12.2. The third kappa shape index (κ3) is 3.12. The summed E-state index contributed by atoms with van der Waals surface area (Å²) in [6.45, 7) is 9.04. The Labute approximate surface area is 128 Å². The molecule has 1 aliphatic heterocycles. The number of ether oxygens (including phenoxy) is 1. The van der Waals surface area contributed by atoms with Crippen LogP contribution >= 0.6 is 12.4 Å². The highest BCUT2D eigenvalue weighted by Crippen LogP contribution is 2.49. The SMILES string of the molecule is CCOC1CC(NC(=O)C2CCNC2)C1(CC)CC.Cl. The summed E-state index contributed by atoms with van der Waals surface area (Å²) in [5.74, 6) is 0.397. The van der Waals surface area contributed by atoms with E-state index in [4.69, 9.17) is 4.74 Å². The molecule has 2 rings (SSSR count). The molecule has 0 radical (unpaired) electrons. The molecule has 118 valence electrons. The van der Waals surface area contributed by atoms with Gasteiger partial charge in [0, 0.05) is 24.6 Å². The summed E-state index contributed by atoms with van der Waals surface area (Å²) in [5, 5.41) is 6.54. The Morgan fingerprint density at radius 3 is 2.55 bits per heavy atom. The average molecular weight is 305 g/mol. The van der Waals surface area contributed by atoms with E-state index in [2.05, 4.69) is 24.5 Å². The van der Waals surface area contributed by atoms with E-state index in [1.165, 1.54) is 0 Å². The van der Waals surface area contributed by atoms with Crippen LogP contribution in [0.1, 0.15) is 46.5 Å². The van der Waals surface area contributed by atoms with Crippen molar-refractivity contribution in [2.45, 2.75) is 58.6 Å². The maximum absolute atomic E-state index is 12.2. The zero-order valence-electron chi connectivity index (χ0n) is 12.9. The van der Waals surface area contributed by atoms with Gasteiger partial charge < -0.3 is 15.4 Å². The van der Waals surface area contributed by atoms with E-state index in [0.29, 0.717) is 12.1 Å². The van der Waals surface area contributed by atoms with Gasteiger partial charge in [-0.15, -0.1) is 12.4 Å². The van der Waals surface area contributed by atoms with Crippen molar-refractivity contribution in [1.29, 1.82) is 0 Å². The van der Waals surface area contributed by atoms with Crippen LogP contribution in [0.3, 0.4) is 0 Å². The van der Waals surface area contributed by atoms with Crippen LogP contribution in [-0.2, 0) is 9.53 Å². The minimum atomic E-state index is 0. The van der Waals surface area contributed by atoms with Gasteiger partial charge in [0.25, 0.3) is 0 Å². The largest absolute Gasteiger partial charge is 0.378 e. The number of carbonyl (C=O) groups is 1. The van der Waals surface area contributed by atoms with Gasteiger partial charge in [0.2, 0.25) is 5.91 Å². The number of amides is 1. The molecule has 3 atom stereocenters. The third-order valence-corrected chi connectivity index (χ3v) is 5.22. The van der Waals surface area contributed by atoms with E-state index in [0.717, 1.165) is 45.4 Å². The Bertz CT molecular complexity index is 315. The van der Waals surface area contributed by atoms with E-state index >= 15 is 0 Å². The van der Waals surface area contributed by atoms with E-state index < -0.39 is 0 Å². The van der Waals surface area contributed by atoms with Gasteiger partial charge in [0.05, 0.1) is 12.0 Å². The first-order valence-electron chi connectivity index (χ1n) is 7.80. The van der Waals surface area contributed by atoms with Crippen LogP contribution in [0.25, 0.3) is 0 Å². The van der Waals surface area contributed by atoms with E-state index in [1.807, 2.05) is 6.92 Å². The number of hydrogen-bond acceptors (Lipinski definition) is 3. The van der Waals surface area contributed by atoms with Gasteiger partial charge in [0.15, 0.2) is 0 Å². The molecule has 3 unspecified atom stereocenters. The molecule has 1 heterocycles. The molecule has 0 aromatic heterocycles. The fraction of sp³-hybridized carbons (Fsp3) is 0.933. The van der Waals surface area contributed by atoms with Crippen molar-refractivity contribution in [2.24, 2.45) is 11.3 Å². The van der Waals surface area contributed by atoms with Crippen LogP contribution in [-0.4, -0.2) is 37.7 Å². The van der Waals surface area contributed by atoms with E-state index in [-0.39, 0.29) is 29.6 Å². The van der Waals surface area contributed by atoms with Crippen molar-refractivity contribution >= 4 is 18.3 Å². The van der Waals surface area contributed by atoms with Crippen LogP contribution in [0.4, 0.5) is 0 Å². The lowest BCUT2D eigenvalue weighted by atomic mass is 9.58. The van der Waals surface area contributed by atoms with Gasteiger partial charge >= 0.3 is 0 Å². The number of carbonyl (C=O) groups excluding carboxylic acids is 1. The molecule has 0 bridgehead atoms. The second-order valence-corrected chi connectivity index (χ2v) is 5.87. The molecule has 1 amide bonds. The molecule has 0 aromatic rings. The molecular formula is C15H29ClN2O2. The van der Waals surface area contributed by atoms with E-state index in [1.54, 1.807) is 0 Å². The summed E-state index contributed by atoms with van der Waals surface area (Å²) in [6, 6.07) is 0.298. The highest BCUT2D eigenvalue weighted by molar-refractivity contribution is 5.85. The summed E-state index contributed by atoms with van der Waals surface area (Å²) < 4.78 is 5.85. The third-order valence-electron chi connectivity index (χ3n) is 5.22. The molecular weight excluding hydrogens is 276 g/mol. The Morgan fingerprint density at radius 1 is 1.35 bits per heavy atom. The van der Waals surface area contributed by atoms with Crippen LogP contribution in [0.2, 0.25) is 0 Å². The molecule has 4 nitrogen and oxygen atoms in total. The molecule has 0 spiro atoms. The quantitative estimate of drug-likeness (QED) is 0.790. The lowest BCUT2D eigenvalue weighted by Gasteiger charge is -2.55. The van der Waals surface area contributed by atoms with Crippen LogP contribution in [0.5, 0.6) is 0 Å². The Balaban J connectivity index is 0.00000200. The van der Waals surface area contributed by atoms with Crippen molar-refractivity contribution in [3.8, 4) is 0 Å². The zero-order valence-corrected chi connectivity index (χ0v) is 13.7. The van der Waals surface area contributed by atoms with Gasteiger partial charge in [-0.2, -0.15) is 0 Å². The summed E-state index contributed by atoms with van der Waals surface area (Å²) >= 11 is 0. The van der Waals surface area contributed by atoms with Gasteiger partial charge in [-0.05, 0) is 39.2 Å². The molecule has 0 aromatic carbocycles. The average Bonchev–Trinajstić information content (AvgIpc) is 2.93. The predicted molar refractivity (Wildman–Crippen MR) is 83.2 cm³/mol. The smallest absolute Gasteiger partial charge is 0.224 e. The lowest BCUT2D eigenvalue weighted by molar-refractivity contribution is -0.150. The number of hydrogen-bond donors (Lipinski definition) is 2. The predicted octanol–water partition coefficient (Wildman–Crippen LogP) is 2.12. The standard InChI is InChI=1S/C15H28N2O2.ClH/c1-4-15(5-2)12(9-13(15)19-6-3)17-14(18)11-7-8-16-10-11;/h11-13,16H,4-10H2,1-3H3,(H,17,18);1H. The monoisotopic (exact) mass is 304 g/mol. The minimum Gasteiger partial charge on any atom is -0.378 e. The van der Waals surface area contributed by atoms with E-state index in [9.17, 15) is 4.79 Å². The topological polar surface area (TPSA) is 50.4 Å². The molecule has 1 aliphatic carbocycles. The lowest BCUT2D eigenvalue weighted by Crippen LogP contribution is -2.65. The first kappa shape index (κ1) is 17.7.